The van der Waals surface area contributed by atoms with E-state index < -0.39 is 5.97 Å². The van der Waals surface area contributed by atoms with Gasteiger partial charge < -0.3 is 10.2 Å². The van der Waals surface area contributed by atoms with Gasteiger partial charge in [-0.25, -0.2) is 0 Å². The SMILES string of the molecule is CC12CCCCC1CCC1C2CCC2(C)C(CCCCCCO)CCC12.CCCC(=O)O. The molecule has 0 radical (unpaired) electrons. The van der Waals surface area contributed by atoms with Crippen molar-refractivity contribution in [2.24, 2.45) is 40.4 Å². The largest absolute Gasteiger partial charge is 0.481 e. The van der Waals surface area contributed by atoms with Crippen LogP contribution in [0.5, 0.6) is 0 Å². The standard InChI is InChI=1S/C25H44O.C4H8O2/c1-24-16-7-6-10-19(24)11-13-21-22-14-12-20(9-5-3-4-8-18-26)25(22,2)17-15-23(21)24;1-2-3-4(5)6/h19-23,26H,3-18H2,1-2H3;2-3H2,1H3,(H,5,6). The average Bonchev–Trinajstić information content (AvgIpc) is 3.10. The lowest BCUT2D eigenvalue weighted by Gasteiger charge is -2.60. The first kappa shape index (κ1) is 26.0. The van der Waals surface area contributed by atoms with Crippen molar-refractivity contribution in [1.82, 2.24) is 0 Å². The van der Waals surface area contributed by atoms with Crippen LogP contribution in [0.1, 0.15) is 130 Å². The Morgan fingerprint density at radius 3 is 2.28 bits per heavy atom. The number of carbonyl (C=O) groups is 1. The molecule has 186 valence electrons. The van der Waals surface area contributed by atoms with Crippen LogP contribution < -0.4 is 0 Å². The molecule has 0 spiro atoms. The van der Waals surface area contributed by atoms with E-state index in [1.54, 1.807) is 25.7 Å². The zero-order valence-corrected chi connectivity index (χ0v) is 21.4. The Bertz CT molecular complexity index is 589. The molecule has 4 aliphatic carbocycles. The minimum atomic E-state index is -0.711. The van der Waals surface area contributed by atoms with Gasteiger partial charge in [0.2, 0.25) is 0 Å². The zero-order chi connectivity index (χ0) is 23.2. The first-order valence-electron chi connectivity index (χ1n) is 14.2. The van der Waals surface area contributed by atoms with Crippen molar-refractivity contribution in [3.63, 3.8) is 0 Å². The van der Waals surface area contributed by atoms with Crippen molar-refractivity contribution in [1.29, 1.82) is 0 Å². The molecule has 4 saturated carbocycles. The predicted octanol–water partition coefficient (Wildman–Crippen LogP) is 7.85. The molecule has 0 saturated heterocycles. The topological polar surface area (TPSA) is 57.5 Å². The second-order valence-corrected chi connectivity index (χ2v) is 12.3. The van der Waals surface area contributed by atoms with Crippen LogP contribution in [0, 0.1) is 40.4 Å². The summed E-state index contributed by atoms with van der Waals surface area (Å²) in [7, 11) is 0. The summed E-state index contributed by atoms with van der Waals surface area (Å²) < 4.78 is 0. The van der Waals surface area contributed by atoms with Gasteiger partial charge in [0.15, 0.2) is 0 Å². The number of carboxylic acid groups (broad SMARTS) is 1. The number of hydrogen-bond donors (Lipinski definition) is 2. The van der Waals surface area contributed by atoms with E-state index in [0.29, 0.717) is 23.9 Å². The number of aliphatic hydroxyl groups is 1. The van der Waals surface area contributed by atoms with Crippen LogP contribution in [-0.4, -0.2) is 22.8 Å². The Hall–Kier alpha value is -0.570. The first-order valence-corrected chi connectivity index (χ1v) is 14.2. The molecule has 4 rings (SSSR count). The number of fused-ring (bicyclic) bond motifs is 5. The summed E-state index contributed by atoms with van der Waals surface area (Å²) in [5.74, 6) is 4.52. The van der Waals surface area contributed by atoms with Crippen molar-refractivity contribution in [3.05, 3.63) is 0 Å². The second-order valence-electron chi connectivity index (χ2n) is 12.3. The summed E-state index contributed by atoms with van der Waals surface area (Å²) in [5, 5.41) is 16.9. The monoisotopic (exact) mass is 448 g/mol. The Morgan fingerprint density at radius 2 is 1.59 bits per heavy atom. The Morgan fingerprint density at radius 1 is 0.844 bits per heavy atom. The minimum absolute atomic E-state index is 0.292. The predicted molar refractivity (Wildman–Crippen MR) is 133 cm³/mol. The highest BCUT2D eigenvalue weighted by molar-refractivity contribution is 5.66. The van der Waals surface area contributed by atoms with Gasteiger partial charge in [-0.2, -0.15) is 0 Å². The molecule has 32 heavy (non-hydrogen) atoms. The fraction of sp³-hybridized carbons (Fsp3) is 0.966. The summed E-state index contributed by atoms with van der Waals surface area (Å²) >= 11 is 0. The number of hydrogen-bond acceptors (Lipinski definition) is 2. The van der Waals surface area contributed by atoms with E-state index in [1.165, 1.54) is 64.2 Å². The molecule has 3 heteroatoms. The molecule has 0 amide bonds. The van der Waals surface area contributed by atoms with Gasteiger partial charge >= 0.3 is 5.97 Å². The molecule has 4 fully saturated rings. The second kappa shape index (κ2) is 11.7. The van der Waals surface area contributed by atoms with Gasteiger partial charge in [0.1, 0.15) is 0 Å². The van der Waals surface area contributed by atoms with Gasteiger partial charge in [-0.3, -0.25) is 4.79 Å². The normalized spacial score (nSPS) is 40.4. The van der Waals surface area contributed by atoms with Crippen LogP contribution in [0.2, 0.25) is 0 Å². The molecule has 0 aromatic rings. The van der Waals surface area contributed by atoms with Crippen LogP contribution in [0.15, 0.2) is 0 Å². The Kier molecular flexibility index (Phi) is 9.53. The zero-order valence-electron chi connectivity index (χ0n) is 21.4. The molecule has 4 aliphatic rings. The van der Waals surface area contributed by atoms with Crippen LogP contribution in [-0.2, 0) is 4.79 Å². The molecule has 0 aromatic carbocycles. The van der Waals surface area contributed by atoms with Crippen molar-refractivity contribution in [2.75, 3.05) is 6.61 Å². The van der Waals surface area contributed by atoms with Gasteiger partial charge in [0.05, 0.1) is 0 Å². The molecule has 0 aliphatic heterocycles. The third kappa shape index (κ3) is 5.56. The van der Waals surface area contributed by atoms with Crippen molar-refractivity contribution in [3.8, 4) is 0 Å². The maximum atomic E-state index is 9.60. The van der Waals surface area contributed by atoms with E-state index in [1.807, 2.05) is 6.92 Å². The lowest BCUT2D eigenvalue weighted by molar-refractivity contribution is -0.137. The molecule has 7 atom stereocenters. The minimum Gasteiger partial charge on any atom is -0.481 e. The highest BCUT2D eigenvalue weighted by atomic mass is 16.4. The van der Waals surface area contributed by atoms with E-state index >= 15 is 0 Å². The molecule has 3 nitrogen and oxygen atoms in total. The summed E-state index contributed by atoms with van der Waals surface area (Å²) in [4.78, 5) is 9.60. The third-order valence-electron chi connectivity index (χ3n) is 10.7. The van der Waals surface area contributed by atoms with E-state index in [2.05, 4.69) is 13.8 Å². The number of unbranched alkanes of at least 4 members (excludes halogenated alkanes) is 3. The van der Waals surface area contributed by atoms with Crippen molar-refractivity contribution < 1.29 is 15.0 Å². The number of rotatable bonds is 8. The quantitative estimate of drug-likeness (QED) is 0.372. The Balaban J connectivity index is 0.000000427. The fourth-order valence-corrected chi connectivity index (χ4v) is 8.95. The summed E-state index contributed by atoms with van der Waals surface area (Å²) in [6.45, 7) is 7.64. The summed E-state index contributed by atoms with van der Waals surface area (Å²) in [5.41, 5.74) is 1.36. The van der Waals surface area contributed by atoms with Crippen molar-refractivity contribution in [2.45, 2.75) is 130 Å². The van der Waals surface area contributed by atoms with E-state index in [9.17, 15) is 4.79 Å². The first-order chi connectivity index (χ1) is 15.4. The maximum absolute atomic E-state index is 9.60. The number of carboxylic acids is 1. The molecular weight excluding hydrogens is 396 g/mol. The molecule has 0 aromatic heterocycles. The highest BCUT2D eigenvalue weighted by Crippen LogP contribution is 2.67. The third-order valence-corrected chi connectivity index (χ3v) is 10.7. The molecular formula is C29H52O3. The van der Waals surface area contributed by atoms with E-state index in [-0.39, 0.29) is 0 Å². The van der Waals surface area contributed by atoms with Gasteiger partial charge in [-0.05, 0) is 111 Å². The fourth-order valence-electron chi connectivity index (χ4n) is 8.95. The summed E-state index contributed by atoms with van der Waals surface area (Å²) in [6, 6.07) is 0. The average molecular weight is 449 g/mol. The maximum Gasteiger partial charge on any atom is 0.303 e. The van der Waals surface area contributed by atoms with Crippen LogP contribution in [0.25, 0.3) is 0 Å². The van der Waals surface area contributed by atoms with Crippen molar-refractivity contribution >= 4 is 5.97 Å². The van der Waals surface area contributed by atoms with E-state index in [4.69, 9.17) is 10.2 Å². The molecule has 0 bridgehead atoms. The van der Waals surface area contributed by atoms with Crippen LogP contribution >= 0.6 is 0 Å². The van der Waals surface area contributed by atoms with Gasteiger partial charge in [-0.1, -0.05) is 52.9 Å². The highest BCUT2D eigenvalue weighted by Gasteiger charge is 2.59. The Labute approximate surface area is 198 Å². The number of aliphatic hydroxyl groups excluding tert-OH is 1. The smallest absolute Gasteiger partial charge is 0.303 e. The van der Waals surface area contributed by atoms with Crippen LogP contribution in [0.3, 0.4) is 0 Å². The lowest BCUT2D eigenvalue weighted by atomic mass is 9.45. The molecule has 0 heterocycles. The molecule has 2 N–H and O–H groups in total. The lowest BCUT2D eigenvalue weighted by Crippen LogP contribution is -2.52. The number of aliphatic carboxylic acids is 1. The van der Waals surface area contributed by atoms with Crippen LogP contribution in [0.4, 0.5) is 0 Å². The van der Waals surface area contributed by atoms with Gasteiger partial charge in [-0.15, -0.1) is 0 Å². The van der Waals surface area contributed by atoms with Gasteiger partial charge in [0, 0.05) is 13.0 Å². The summed E-state index contributed by atoms with van der Waals surface area (Å²) in [6.07, 6.45) is 22.8. The molecule has 7 unspecified atom stereocenters. The van der Waals surface area contributed by atoms with Gasteiger partial charge in [0.25, 0.3) is 0 Å². The van der Waals surface area contributed by atoms with E-state index in [0.717, 1.165) is 42.4 Å².